The van der Waals surface area contributed by atoms with Crippen LogP contribution in [0.2, 0.25) is 0 Å². The highest BCUT2D eigenvalue weighted by atomic mass is 32.2. The van der Waals surface area contributed by atoms with E-state index in [0.717, 1.165) is 28.1 Å². The van der Waals surface area contributed by atoms with Crippen molar-refractivity contribution in [2.45, 2.75) is 29.4 Å². The normalized spacial score (nSPS) is 15.7. The van der Waals surface area contributed by atoms with Gasteiger partial charge in [-0.25, -0.2) is 4.98 Å². The highest BCUT2D eigenvalue weighted by Gasteiger charge is 2.32. The molecule has 198 valence electrons. The molecule has 0 aliphatic carbocycles. The minimum absolute atomic E-state index is 0.187. The van der Waals surface area contributed by atoms with Crippen LogP contribution in [0.3, 0.4) is 0 Å². The Balaban J connectivity index is 1.39. The molecular weight excluding hydrogens is 544 g/mol. The Bertz CT molecular complexity index is 1670. The van der Waals surface area contributed by atoms with Crippen LogP contribution < -0.4 is 10.1 Å². The highest BCUT2D eigenvalue weighted by molar-refractivity contribution is 8.01. The summed E-state index contributed by atoms with van der Waals surface area (Å²) in [6.07, 6.45) is 0.726. The third-order valence-electron chi connectivity index (χ3n) is 5.76. The topological polar surface area (TPSA) is 147 Å². The van der Waals surface area contributed by atoms with Crippen LogP contribution in [-0.2, 0) is 4.74 Å². The summed E-state index contributed by atoms with van der Waals surface area (Å²) in [5, 5.41) is 25.6. The second-order valence-electron chi connectivity index (χ2n) is 8.41. The lowest BCUT2D eigenvalue weighted by Crippen LogP contribution is -2.33. The highest BCUT2D eigenvalue weighted by Crippen LogP contribution is 2.40. The number of non-ortho nitro benzene ring substituents is 1. The van der Waals surface area contributed by atoms with Crippen LogP contribution in [0.15, 0.2) is 75.6 Å². The number of fused-ring (bicyclic) bond motifs is 2. The number of carbonyl (C=O) groups is 1. The monoisotopic (exact) mass is 564 g/mol. The van der Waals surface area contributed by atoms with Gasteiger partial charge in [-0.3, -0.25) is 25.0 Å². The number of anilines is 1. The first kappa shape index (κ1) is 26.3. The number of nitrogens with zero attached hydrogens (tertiary/aromatic N) is 3. The number of ether oxygens (including phenoxy) is 2. The van der Waals surface area contributed by atoms with Crippen LogP contribution >= 0.6 is 23.1 Å². The minimum atomic E-state index is -0.849. The summed E-state index contributed by atoms with van der Waals surface area (Å²) in [6, 6.07) is 14.4. The predicted octanol–water partition coefficient (Wildman–Crippen LogP) is 6.51. The molecule has 0 spiro atoms. The molecule has 1 atom stereocenters. The molecule has 2 heterocycles. The molecule has 0 saturated carbocycles. The lowest BCUT2D eigenvalue weighted by Gasteiger charge is -2.27. The number of nitro benzene ring substituents is 2. The van der Waals surface area contributed by atoms with Gasteiger partial charge >= 0.3 is 0 Å². The number of hydrogen-bond acceptors (Lipinski definition) is 11. The number of aryl methyl sites for hydroxylation is 1. The van der Waals surface area contributed by atoms with E-state index in [1.54, 1.807) is 30.5 Å². The molecule has 0 radical (unpaired) electrons. The number of aromatic nitrogens is 1. The SMILES string of the molecule is CCOC1Oc2ccc(C)cc2C(=O)/C1=C\Nc1ccc2nc(Sc3ccc([N+](=O)[O-])cc3[N+](=O)[O-])sc2c1. The summed E-state index contributed by atoms with van der Waals surface area (Å²) < 4.78 is 12.9. The average molecular weight is 565 g/mol. The van der Waals surface area contributed by atoms with E-state index in [-0.39, 0.29) is 22.1 Å². The molecule has 5 rings (SSSR count). The van der Waals surface area contributed by atoms with Crippen LogP contribution in [0, 0.1) is 27.2 Å². The van der Waals surface area contributed by atoms with Gasteiger partial charge in [0, 0.05) is 24.6 Å². The molecular formula is C26H20N4O7S2. The average Bonchev–Trinajstić information content (AvgIpc) is 3.30. The van der Waals surface area contributed by atoms with Gasteiger partial charge in [0.05, 0.1) is 42.2 Å². The Morgan fingerprint density at radius 3 is 2.69 bits per heavy atom. The largest absolute Gasteiger partial charge is 0.460 e. The van der Waals surface area contributed by atoms with Crippen molar-refractivity contribution in [2.24, 2.45) is 0 Å². The maximum Gasteiger partial charge on any atom is 0.290 e. The number of nitro groups is 2. The van der Waals surface area contributed by atoms with Gasteiger partial charge in [-0.05, 0) is 50.2 Å². The fourth-order valence-electron chi connectivity index (χ4n) is 3.91. The summed E-state index contributed by atoms with van der Waals surface area (Å²) >= 11 is 2.38. The molecule has 1 N–H and O–H groups in total. The van der Waals surface area contributed by atoms with Crippen LogP contribution in [-0.4, -0.2) is 33.5 Å². The lowest BCUT2D eigenvalue weighted by atomic mass is 9.98. The zero-order chi connectivity index (χ0) is 27.7. The fourth-order valence-corrected chi connectivity index (χ4v) is 6.06. The van der Waals surface area contributed by atoms with Gasteiger partial charge < -0.3 is 14.8 Å². The standard InChI is InChI=1S/C26H20N4O7S2/c1-3-36-25-18(24(31)17-10-14(2)4-8-21(17)37-25)13-27-15-5-7-19-23(11-15)39-26(28-19)38-22-9-6-16(29(32)33)12-20(22)30(34)35/h4-13,25,27H,3H2,1-2H3/b18-13+. The van der Waals surface area contributed by atoms with Crippen LogP contribution in [0.25, 0.3) is 10.2 Å². The van der Waals surface area contributed by atoms with E-state index < -0.39 is 16.1 Å². The number of benzene rings is 3. The van der Waals surface area contributed by atoms with E-state index in [9.17, 15) is 25.0 Å². The van der Waals surface area contributed by atoms with Crippen LogP contribution in [0.1, 0.15) is 22.8 Å². The number of hydrogen-bond donors (Lipinski definition) is 1. The molecule has 3 aromatic carbocycles. The minimum Gasteiger partial charge on any atom is -0.460 e. The molecule has 39 heavy (non-hydrogen) atoms. The van der Waals surface area contributed by atoms with E-state index in [1.807, 2.05) is 26.0 Å². The number of rotatable bonds is 8. The van der Waals surface area contributed by atoms with Gasteiger partial charge in [0.2, 0.25) is 6.29 Å². The van der Waals surface area contributed by atoms with Gasteiger partial charge in [-0.2, -0.15) is 0 Å². The predicted molar refractivity (Wildman–Crippen MR) is 147 cm³/mol. The van der Waals surface area contributed by atoms with Crippen molar-refractivity contribution in [2.75, 3.05) is 11.9 Å². The molecule has 0 amide bonds. The van der Waals surface area contributed by atoms with Gasteiger partial charge in [-0.1, -0.05) is 23.4 Å². The van der Waals surface area contributed by atoms with Crippen molar-refractivity contribution in [3.8, 4) is 5.75 Å². The molecule has 1 aliphatic heterocycles. The van der Waals surface area contributed by atoms with E-state index >= 15 is 0 Å². The second-order valence-corrected chi connectivity index (χ2v) is 10.7. The maximum atomic E-state index is 13.2. The van der Waals surface area contributed by atoms with Crippen molar-refractivity contribution < 1.29 is 24.1 Å². The zero-order valence-electron chi connectivity index (χ0n) is 20.6. The summed E-state index contributed by atoms with van der Waals surface area (Å²) in [7, 11) is 0. The Kier molecular flexibility index (Phi) is 7.28. The van der Waals surface area contributed by atoms with Crippen molar-refractivity contribution in [3.05, 3.63) is 97.7 Å². The number of ketones is 1. The van der Waals surface area contributed by atoms with Crippen LogP contribution in [0.5, 0.6) is 5.75 Å². The summed E-state index contributed by atoms with van der Waals surface area (Å²) in [6.45, 7) is 4.08. The summed E-state index contributed by atoms with van der Waals surface area (Å²) in [4.78, 5) is 39.2. The second kappa shape index (κ2) is 10.8. The maximum absolute atomic E-state index is 13.2. The zero-order valence-corrected chi connectivity index (χ0v) is 22.2. The van der Waals surface area contributed by atoms with E-state index in [0.29, 0.717) is 39.0 Å². The molecule has 0 bridgehead atoms. The molecule has 4 aromatic rings. The Hall–Kier alpha value is -4.33. The van der Waals surface area contributed by atoms with Crippen molar-refractivity contribution in [1.29, 1.82) is 0 Å². The first-order chi connectivity index (χ1) is 18.7. The summed E-state index contributed by atoms with van der Waals surface area (Å²) in [5.74, 6) is 0.290. The molecule has 0 fully saturated rings. The summed E-state index contributed by atoms with van der Waals surface area (Å²) in [5.41, 5.74) is 2.40. The smallest absolute Gasteiger partial charge is 0.290 e. The van der Waals surface area contributed by atoms with Gasteiger partial charge in [-0.15, -0.1) is 11.3 Å². The number of Topliss-reactive ketones (excluding diaryl/α,β-unsaturated/α-hetero) is 1. The Morgan fingerprint density at radius 2 is 1.95 bits per heavy atom. The molecule has 0 saturated heterocycles. The van der Waals surface area contributed by atoms with E-state index in [1.165, 1.54) is 23.5 Å². The molecule has 13 heteroatoms. The van der Waals surface area contributed by atoms with Crippen molar-refractivity contribution in [1.82, 2.24) is 4.98 Å². The molecule has 1 aliphatic rings. The van der Waals surface area contributed by atoms with E-state index in [4.69, 9.17) is 9.47 Å². The molecule has 1 aromatic heterocycles. The number of thiazole rings is 1. The van der Waals surface area contributed by atoms with E-state index in [2.05, 4.69) is 10.3 Å². The van der Waals surface area contributed by atoms with Crippen LogP contribution in [0.4, 0.5) is 17.1 Å². The number of carbonyl (C=O) groups excluding carboxylic acids is 1. The molecule has 1 unspecified atom stereocenters. The quantitative estimate of drug-likeness (QED) is 0.143. The third kappa shape index (κ3) is 5.46. The Labute approximate surface area is 229 Å². The van der Waals surface area contributed by atoms with Gasteiger partial charge in [0.1, 0.15) is 5.75 Å². The van der Waals surface area contributed by atoms with Crippen molar-refractivity contribution >= 4 is 56.2 Å². The molecule has 11 nitrogen and oxygen atoms in total. The first-order valence-corrected chi connectivity index (χ1v) is 13.3. The first-order valence-electron chi connectivity index (χ1n) is 11.6. The third-order valence-corrected chi connectivity index (χ3v) is 7.90. The van der Waals surface area contributed by atoms with Gasteiger partial charge in [0.25, 0.3) is 11.4 Å². The fraction of sp³-hybridized carbons (Fsp3) is 0.154. The Morgan fingerprint density at radius 1 is 1.13 bits per heavy atom. The van der Waals surface area contributed by atoms with Crippen molar-refractivity contribution in [3.63, 3.8) is 0 Å². The number of nitrogens with one attached hydrogen (secondary N) is 1. The lowest BCUT2D eigenvalue weighted by molar-refractivity contribution is -0.396. The van der Waals surface area contributed by atoms with Gasteiger partial charge in [0.15, 0.2) is 10.1 Å².